The van der Waals surface area contributed by atoms with Crippen molar-refractivity contribution in [2.45, 2.75) is 18.6 Å². The van der Waals surface area contributed by atoms with Crippen molar-refractivity contribution >= 4 is 45.7 Å². The zero-order valence-electron chi connectivity index (χ0n) is 18.3. The van der Waals surface area contributed by atoms with Crippen LogP contribution in [0.1, 0.15) is 16.9 Å². The van der Waals surface area contributed by atoms with Gasteiger partial charge in [0.2, 0.25) is 5.91 Å². The molecule has 3 heterocycles. The number of rotatable bonds is 4. The number of fused-ring (bicyclic) bond motifs is 2. The molecule has 0 bridgehead atoms. The van der Waals surface area contributed by atoms with Crippen molar-refractivity contribution < 1.29 is 24.5 Å². The summed E-state index contributed by atoms with van der Waals surface area (Å²) in [6, 6.07) is 12.4. The second kappa shape index (κ2) is 9.17. The summed E-state index contributed by atoms with van der Waals surface area (Å²) >= 11 is 6.04. The average molecular weight is 485 g/mol. The quantitative estimate of drug-likeness (QED) is 0.451. The number of aliphatic hydroxyl groups is 2. The molecule has 5 rings (SSSR count). The number of carbonyl (C=O) groups is 2. The van der Waals surface area contributed by atoms with E-state index in [2.05, 4.69) is 10.3 Å². The first-order valence-electron chi connectivity index (χ1n) is 11.1. The number of β-amino-alcohol motifs (C(OH)–C–C–N with tert-alkyl or cyclic N) is 2. The number of amides is 2. The van der Waals surface area contributed by atoms with Crippen molar-refractivity contribution in [1.82, 2.24) is 9.88 Å². The van der Waals surface area contributed by atoms with Gasteiger partial charge in [-0.25, -0.2) is 0 Å². The van der Waals surface area contributed by atoms with E-state index in [0.29, 0.717) is 41.0 Å². The normalized spacial score (nSPS) is 20.1. The van der Waals surface area contributed by atoms with Crippen LogP contribution in [0.25, 0.3) is 10.9 Å². The molecule has 2 aliphatic heterocycles. The molecular formula is C24H25ClN4O5. The van der Waals surface area contributed by atoms with E-state index in [-0.39, 0.29) is 31.4 Å². The van der Waals surface area contributed by atoms with Crippen LogP contribution in [0.3, 0.4) is 0 Å². The highest BCUT2D eigenvalue weighted by molar-refractivity contribution is 6.31. The molecule has 9 nitrogen and oxygen atoms in total. The lowest BCUT2D eigenvalue weighted by Crippen LogP contribution is -2.40. The third-order valence-corrected chi connectivity index (χ3v) is 6.39. The molecule has 2 unspecified atom stereocenters. The number of carbonyl (C=O) groups excluding carboxylic acids is 2. The lowest BCUT2D eigenvalue weighted by Gasteiger charge is -2.26. The van der Waals surface area contributed by atoms with Crippen LogP contribution >= 0.6 is 11.6 Å². The predicted molar refractivity (Wildman–Crippen MR) is 129 cm³/mol. The van der Waals surface area contributed by atoms with Gasteiger partial charge < -0.3 is 35.1 Å². The first-order valence-corrected chi connectivity index (χ1v) is 11.5. The zero-order chi connectivity index (χ0) is 23.8. The van der Waals surface area contributed by atoms with E-state index >= 15 is 0 Å². The molecular weight excluding hydrogens is 460 g/mol. The summed E-state index contributed by atoms with van der Waals surface area (Å²) in [6.45, 7) is 1.42. The zero-order valence-corrected chi connectivity index (χ0v) is 19.1. The highest BCUT2D eigenvalue weighted by Crippen LogP contribution is 2.34. The Morgan fingerprint density at radius 2 is 1.91 bits per heavy atom. The van der Waals surface area contributed by atoms with Gasteiger partial charge in [0.1, 0.15) is 11.4 Å². The van der Waals surface area contributed by atoms with Crippen molar-refractivity contribution in [3.8, 4) is 5.75 Å². The summed E-state index contributed by atoms with van der Waals surface area (Å²) < 4.78 is 5.84. The standard InChI is InChI=1S/C24H25ClN4O5/c25-15-2-4-17-14(8-15)9-18(27-17)24(33)26-16-3-5-22-19(10-16)28(6-1-7-34-22)13-23(32)29-11-20(30)21(31)12-29/h2-5,8-10,20-21,27,30-31H,1,6-7,11-13H2,(H,26,33). The van der Waals surface area contributed by atoms with Crippen molar-refractivity contribution in [2.75, 3.05) is 43.0 Å². The third-order valence-electron chi connectivity index (χ3n) is 6.15. The highest BCUT2D eigenvalue weighted by Gasteiger charge is 2.33. The average Bonchev–Trinajstić information content (AvgIpc) is 3.32. The summed E-state index contributed by atoms with van der Waals surface area (Å²) in [5.74, 6) is 0.143. The minimum absolute atomic E-state index is 0.0793. The molecule has 2 aromatic carbocycles. The number of halogens is 1. The van der Waals surface area contributed by atoms with Crippen molar-refractivity contribution in [3.63, 3.8) is 0 Å². The number of H-pyrrole nitrogens is 1. The number of anilines is 2. The van der Waals surface area contributed by atoms with Gasteiger partial charge in [-0.05, 0) is 48.9 Å². The molecule has 1 saturated heterocycles. The van der Waals surface area contributed by atoms with Crippen molar-refractivity contribution in [3.05, 3.63) is 53.2 Å². The van der Waals surface area contributed by atoms with Gasteiger partial charge in [0.25, 0.3) is 5.91 Å². The number of hydrogen-bond acceptors (Lipinski definition) is 6. The van der Waals surface area contributed by atoms with Crippen LogP contribution in [0, 0.1) is 0 Å². The number of aromatic amines is 1. The van der Waals surface area contributed by atoms with E-state index < -0.39 is 12.2 Å². The van der Waals surface area contributed by atoms with E-state index in [1.54, 1.807) is 36.4 Å². The Hall–Kier alpha value is -3.27. The number of nitrogens with zero attached hydrogens (tertiary/aromatic N) is 2. The summed E-state index contributed by atoms with van der Waals surface area (Å²) in [4.78, 5) is 32.2. The minimum atomic E-state index is -0.925. The van der Waals surface area contributed by atoms with E-state index in [4.69, 9.17) is 16.3 Å². The van der Waals surface area contributed by atoms with Gasteiger partial charge in [0.05, 0.1) is 31.0 Å². The van der Waals surface area contributed by atoms with Gasteiger partial charge in [-0.15, -0.1) is 0 Å². The van der Waals surface area contributed by atoms with Crippen LogP contribution in [0.5, 0.6) is 5.75 Å². The summed E-state index contributed by atoms with van der Waals surface area (Å²) in [7, 11) is 0. The monoisotopic (exact) mass is 484 g/mol. The molecule has 0 radical (unpaired) electrons. The lowest BCUT2D eigenvalue weighted by molar-refractivity contribution is -0.129. The largest absolute Gasteiger partial charge is 0.491 e. The Morgan fingerprint density at radius 1 is 1.12 bits per heavy atom. The summed E-state index contributed by atoms with van der Waals surface area (Å²) in [6.07, 6.45) is -1.12. The number of benzene rings is 2. The number of aromatic nitrogens is 1. The number of nitrogens with one attached hydrogen (secondary N) is 2. The van der Waals surface area contributed by atoms with E-state index in [9.17, 15) is 19.8 Å². The molecule has 2 atom stereocenters. The molecule has 3 aromatic rings. The lowest BCUT2D eigenvalue weighted by atomic mass is 10.2. The molecule has 2 amide bonds. The molecule has 2 aliphatic rings. The van der Waals surface area contributed by atoms with E-state index in [1.165, 1.54) is 4.90 Å². The predicted octanol–water partition coefficient (Wildman–Crippen LogP) is 2.23. The number of hydrogen-bond donors (Lipinski definition) is 4. The molecule has 10 heteroatoms. The van der Waals surface area contributed by atoms with E-state index in [0.717, 1.165) is 17.3 Å². The Balaban J connectivity index is 1.34. The van der Waals surface area contributed by atoms with Gasteiger partial charge in [-0.3, -0.25) is 9.59 Å². The van der Waals surface area contributed by atoms with Gasteiger partial charge in [0, 0.05) is 41.2 Å². The number of likely N-dealkylation sites (tertiary alicyclic amines) is 1. The third kappa shape index (κ3) is 4.54. The maximum Gasteiger partial charge on any atom is 0.272 e. The maximum absolute atomic E-state index is 12.9. The van der Waals surface area contributed by atoms with Crippen LogP contribution in [-0.2, 0) is 4.79 Å². The topological polar surface area (TPSA) is 118 Å². The second-order valence-corrected chi connectivity index (χ2v) is 9.04. The summed E-state index contributed by atoms with van der Waals surface area (Å²) in [5, 5.41) is 23.9. The van der Waals surface area contributed by atoms with Crippen LogP contribution in [0.4, 0.5) is 11.4 Å². The summed E-state index contributed by atoms with van der Waals surface area (Å²) in [5.41, 5.74) is 2.48. The Kier molecular flexibility index (Phi) is 6.07. The first-order chi connectivity index (χ1) is 16.4. The maximum atomic E-state index is 12.9. The fourth-order valence-electron chi connectivity index (χ4n) is 4.35. The van der Waals surface area contributed by atoms with E-state index in [1.807, 2.05) is 11.0 Å². The fourth-order valence-corrected chi connectivity index (χ4v) is 4.53. The Bertz CT molecular complexity index is 1240. The smallest absolute Gasteiger partial charge is 0.272 e. The Labute approximate surface area is 200 Å². The molecule has 0 aliphatic carbocycles. The second-order valence-electron chi connectivity index (χ2n) is 8.61. The SMILES string of the molecule is O=C(Nc1ccc2c(c1)N(CC(=O)N1CC(O)C(O)C1)CCCO2)c1cc2cc(Cl)ccc2[nH]1. The fraction of sp³-hybridized carbons (Fsp3) is 0.333. The van der Waals surface area contributed by atoms with Gasteiger partial charge in [-0.2, -0.15) is 0 Å². The van der Waals surface area contributed by atoms with Crippen LogP contribution in [-0.4, -0.2) is 76.9 Å². The first kappa shape index (κ1) is 22.5. The molecule has 0 spiro atoms. The minimum Gasteiger partial charge on any atom is -0.491 e. The molecule has 4 N–H and O–H groups in total. The van der Waals surface area contributed by atoms with Gasteiger partial charge >= 0.3 is 0 Å². The highest BCUT2D eigenvalue weighted by atomic mass is 35.5. The van der Waals surface area contributed by atoms with Gasteiger partial charge in [0.15, 0.2) is 0 Å². The van der Waals surface area contributed by atoms with Gasteiger partial charge in [-0.1, -0.05) is 11.6 Å². The molecule has 34 heavy (non-hydrogen) atoms. The molecule has 1 aromatic heterocycles. The number of aliphatic hydroxyl groups excluding tert-OH is 2. The van der Waals surface area contributed by atoms with Crippen molar-refractivity contribution in [1.29, 1.82) is 0 Å². The van der Waals surface area contributed by atoms with Crippen LogP contribution in [0.15, 0.2) is 42.5 Å². The number of ether oxygens (including phenoxy) is 1. The molecule has 0 saturated carbocycles. The molecule has 1 fully saturated rings. The van der Waals surface area contributed by atoms with Crippen LogP contribution in [0.2, 0.25) is 5.02 Å². The molecule has 178 valence electrons. The van der Waals surface area contributed by atoms with Crippen molar-refractivity contribution in [2.24, 2.45) is 0 Å². The Morgan fingerprint density at radius 3 is 2.71 bits per heavy atom. The van der Waals surface area contributed by atoms with Crippen LogP contribution < -0.4 is 15.0 Å².